The highest BCUT2D eigenvalue weighted by Crippen LogP contribution is 2.30. The molecule has 1 fully saturated rings. The van der Waals surface area contributed by atoms with E-state index in [1.54, 1.807) is 0 Å². The predicted octanol–water partition coefficient (Wildman–Crippen LogP) is 1.83. The summed E-state index contributed by atoms with van der Waals surface area (Å²) in [5.41, 5.74) is 1.89. The molecule has 94 valence electrons. The zero-order valence-electron chi connectivity index (χ0n) is 10.4. The van der Waals surface area contributed by atoms with Gasteiger partial charge in [0.25, 0.3) is 0 Å². The molecule has 0 bridgehead atoms. The van der Waals surface area contributed by atoms with E-state index in [4.69, 9.17) is 4.74 Å². The van der Waals surface area contributed by atoms with Crippen molar-refractivity contribution >= 4 is 23.0 Å². The first-order valence-electron chi connectivity index (χ1n) is 6.18. The Hall–Kier alpha value is -1.81. The van der Waals surface area contributed by atoms with Gasteiger partial charge in [0.15, 0.2) is 6.29 Å². The van der Waals surface area contributed by atoms with E-state index in [-0.39, 0.29) is 0 Å². The Balaban J connectivity index is 2.20. The summed E-state index contributed by atoms with van der Waals surface area (Å²) in [6.07, 6.45) is 0.965. The molecular formula is C14H16N2O2. The fourth-order valence-corrected chi connectivity index (χ4v) is 2.68. The average Bonchev–Trinajstić information content (AvgIpc) is 2.73. The lowest BCUT2D eigenvalue weighted by atomic mass is 10.2. The summed E-state index contributed by atoms with van der Waals surface area (Å²) >= 11 is 0. The van der Waals surface area contributed by atoms with Gasteiger partial charge in [0.1, 0.15) is 5.82 Å². The minimum absolute atomic E-state index is 0.722. The number of benzene rings is 1. The van der Waals surface area contributed by atoms with Gasteiger partial charge in [0.2, 0.25) is 0 Å². The van der Waals surface area contributed by atoms with Crippen molar-refractivity contribution in [2.75, 3.05) is 31.2 Å². The fourth-order valence-electron chi connectivity index (χ4n) is 2.68. The number of rotatable bonds is 2. The molecule has 2 heterocycles. The first-order valence-corrected chi connectivity index (χ1v) is 6.18. The maximum Gasteiger partial charge on any atom is 0.154 e. The van der Waals surface area contributed by atoms with Crippen molar-refractivity contribution in [3.63, 3.8) is 0 Å². The third-order valence-electron chi connectivity index (χ3n) is 3.54. The Morgan fingerprint density at radius 2 is 1.94 bits per heavy atom. The molecule has 0 amide bonds. The Morgan fingerprint density at radius 3 is 2.67 bits per heavy atom. The summed E-state index contributed by atoms with van der Waals surface area (Å²) in [4.78, 5) is 13.7. The fraction of sp³-hybridized carbons (Fsp3) is 0.357. The molecule has 0 unspecified atom stereocenters. The quantitative estimate of drug-likeness (QED) is 0.756. The molecule has 1 saturated heterocycles. The van der Waals surface area contributed by atoms with Crippen LogP contribution in [0.15, 0.2) is 24.3 Å². The zero-order valence-corrected chi connectivity index (χ0v) is 10.4. The van der Waals surface area contributed by atoms with Crippen LogP contribution in [0.2, 0.25) is 0 Å². The maximum atomic E-state index is 11.4. The average molecular weight is 244 g/mol. The molecule has 4 nitrogen and oxygen atoms in total. The van der Waals surface area contributed by atoms with Crippen molar-refractivity contribution in [1.29, 1.82) is 0 Å². The molecule has 2 aromatic rings. The van der Waals surface area contributed by atoms with Crippen molar-refractivity contribution < 1.29 is 9.53 Å². The van der Waals surface area contributed by atoms with Gasteiger partial charge in [-0.1, -0.05) is 18.2 Å². The Bertz CT molecular complexity index is 583. The lowest BCUT2D eigenvalue weighted by Gasteiger charge is -2.29. The van der Waals surface area contributed by atoms with Gasteiger partial charge >= 0.3 is 0 Å². The van der Waals surface area contributed by atoms with E-state index in [0.717, 1.165) is 54.9 Å². The maximum absolute atomic E-state index is 11.4. The second kappa shape index (κ2) is 4.46. The van der Waals surface area contributed by atoms with Crippen LogP contribution in [0.5, 0.6) is 0 Å². The Labute approximate surface area is 106 Å². The number of anilines is 1. The van der Waals surface area contributed by atoms with Gasteiger partial charge in [-0.2, -0.15) is 0 Å². The third-order valence-corrected chi connectivity index (χ3v) is 3.54. The normalized spacial score (nSPS) is 16.2. The summed E-state index contributed by atoms with van der Waals surface area (Å²) < 4.78 is 7.47. The van der Waals surface area contributed by atoms with Gasteiger partial charge < -0.3 is 14.2 Å². The zero-order chi connectivity index (χ0) is 12.5. The molecular weight excluding hydrogens is 228 g/mol. The number of carbonyl (C=O) groups is 1. The number of para-hydroxylation sites is 1. The second-order valence-corrected chi connectivity index (χ2v) is 4.53. The SMILES string of the molecule is Cn1c(N2CCOCC2)c(C=O)c2ccccc21. The van der Waals surface area contributed by atoms with Crippen LogP contribution in [0.1, 0.15) is 10.4 Å². The van der Waals surface area contributed by atoms with Crippen LogP contribution >= 0.6 is 0 Å². The highest BCUT2D eigenvalue weighted by molar-refractivity contribution is 6.04. The van der Waals surface area contributed by atoms with Crippen LogP contribution in [0.25, 0.3) is 10.9 Å². The molecule has 4 heteroatoms. The van der Waals surface area contributed by atoms with Crippen LogP contribution in [0.3, 0.4) is 0 Å². The summed E-state index contributed by atoms with van der Waals surface area (Å²) in [5, 5.41) is 1.02. The Morgan fingerprint density at radius 1 is 1.22 bits per heavy atom. The van der Waals surface area contributed by atoms with E-state index >= 15 is 0 Å². The van der Waals surface area contributed by atoms with Crippen molar-refractivity contribution in [3.8, 4) is 0 Å². The molecule has 0 saturated carbocycles. The monoisotopic (exact) mass is 244 g/mol. The van der Waals surface area contributed by atoms with Gasteiger partial charge in [-0.25, -0.2) is 0 Å². The molecule has 1 aliphatic rings. The van der Waals surface area contributed by atoms with Crippen molar-refractivity contribution in [2.45, 2.75) is 0 Å². The van der Waals surface area contributed by atoms with Crippen molar-refractivity contribution in [3.05, 3.63) is 29.8 Å². The van der Waals surface area contributed by atoms with Crippen molar-refractivity contribution in [2.24, 2.45) is 7.05 Å². The molecule has 0 radical (unpaired) electrons. The Kier molecular flexibility index (Phi) is 2.80. The minimum Gasteiger partial charge on any atom is -0.378 e. The number of aryl methyl sites for hydroxylation is 1. The number of morpholine rings is 1. The molecule has 0 spiro atoms. The van der Waals surface area contributed by atoms with Crippen LogP contribution in [-0.2, 0) is 11.8 Å². The summed E-state index contributed by atoms with van der Waals surface area (Å²) in [6, 6.07) is 8.02. The first-order chi connectivity index (χ1) is 8.83. The second-order valence-electron chi connectivity index (χ2n) is 4.53. The van der Waals surface area contributed by atoms with Crippen LogP contribution < -0.4 is 4.90 Å². The standard InChI is InChI=1S/C14H16N2O2/c1-15-13-5-3-2-4-11(13)12(10-17)14(15)16-6-8-18-9-7-16/h2-5,10H,6-9H2,1H3. The van der Waals surface area contributed by atoms with E-state index in [0.29, 0.717) is 0 Å². The lowest BCUT2D eigenvalue weighted by Crippen LogP contribution is -2.37. The molecule has 0 aliphatic carbocycles. The van der Waals surface area contributed by atoms with E-state index in [1.165, 1.54) is 0 Å². The summed E-state index contributed by atoms with van der Waals surface area (Å²) in [5.74, 6) is 1.01. The van der Waals surface area contributed by atoms with Gasteiger partial charge in [-0.05, 0) is 6.07 Å². The summed E-state index contributed by atoms with van der Waals surface area (Å²) in [7, 11) is 2.01. The largest absolute Gasteiger partial charge is 0.378 e. The van der Waals surface area contributed by atoms with Crippen LogP contribution in [0, 0.1) is 0 Å². The van der Waals surface area contributed by atoms with Gasteiger partial charge in [-0.15, -0.1) is 0 Å². The number of aldehydes is 1. The van der Waals surface area contributed by atoms with Crippen LogP contribution in [-0.4, -0.2) is 37.2 Å². The van der Waals surface area contributed by atoms with Crippen molar-refractivity contribution in [1.82, 2.24) is 4.57 Å². The summed E-state index contributed by atoms with van der Waals surface area (Å²) in [6.45, 7) is 3.12. The molecule has 3 rings (SSSR count). The molecule has 18 heavy (non-hydrogen) atoms. The van der Waals surface area contributed by atoms with Gasteiger partial charge in [-0.3, -0.25) is 4.79 Å². The van der Waals surface area contributed by atoms with Gasteiger partial charge in [0, 0.05) is 25.5 Å². The topological polar surface area (TPSA) is 34.5 Å². The number of ether oxygens (including phenoxy) is 1. The first kappa shape index (κ1) is 11.3. The lowest BCUT2D eigenvalue weighted by molar-refractivity contribution is 0.112. The molecule has 1 aliphatic heterocycles. The third kappa shape index (κ3) is 1.61. The van der Waals surface area contributed by atoms with E-state index in [1.807, 2.05) is 31.3 Å². The van der Waals surface area contributed by atoms with Gasteiger partial charge in [0.05, 0.1) is 24.3 Å². The number of aromatic nitrogens is 1. The number of hydrogen-bond acceptors (Lipinski definition) is 3. The number of carbonyl (C=O) groups excluding carboxylic acids is 1. The molecule has 0 atom stereocenters. The number of fused-ring (bicyclic) bond motifs is 1. The van der Waals surface area contributed by atoms with Crippen LogP contribution in [0.4, 0.5) is 5.82 Å². The minimum atomic E-state index is 0.722. The number of hydrogen-bond donors (Lipinski definition) is 0. The number of nitrogens with zero attached hydrogens (tertiary/aromatic N) is 2. The van der Waals surface area contributed by atoms with E-state index < -0.39 is 0 Å². The predicted molar refractivity (Wildman–Crippen MR) is 71.3 cm³/mol. The van der Waals surface area contributed by atoms with E-state index in [9.17, 15) is 4.79 Å². The molecule has 0 N–H and O–H groups in total. The highest BCUT2D eigenvalue weighted by atomic mass is 16.5. The van der Waals surface area contributed by atoms with E-state index in [2.05, 4.69) is 9.47 Å². The smallest absolute Gasteiger partial charge is 0.154 e. The molecule has 1 aromatic heterocycles. The highest BCUT2D eigenvalue weighted by Gasteiger charge is 2.21. The molecule has 1 aromatic carbocycles.